The van der Waals surface area contributed by atoms with E-state index in [4.69, 9.17) is 0 Å². The van der Waals surface area contributed by atoms with E-state index in [0.29, 0.717) is 12.5 Å². The third-order valence-electron chi connectivity index (χ3n) is 4.00. The molecule has 0 aromatic heterocycles. The minimum atomic E-state index is -5.03. The molecule has 0 bridgehead atoms. The molecule has 26 heavy (non-hydrogen) atoms. The molecular formula is C15H18F4N2O3S2. The predicted molar refractivity (Wildman–Crippen MR) is 89.4 cm³/mol. The van der Waals surface area contributed by atoms with Crippen molar-refractivity contribution in [2.45, 2.75) is 43.4 Å². The van der Waals surface area contributed by atoms with Crippen LogP contribution in [0.1, 0.15) is 25.8 Å². The molecule has 1 aromatic carbocycles. The molecule has 0 aliphatic carbocycles. The second-order valence-corrected chi connectivity index (χ2v) is 8.76. The number of carbonyl (C=O) groups excluding carboxylic acids is 1. The van der Waals surface area contributed by atoms with Crippen molar-refractivity contribution in [2.24, 2.45) is 0 Å². The van der Waals surface area contributed by atoms with Gasteiger partial charge in [0.1, 0.15) is 11.9 Å². The molecule has 1 heterocycles. The highest BCUT2D eigenvalue weighted by molar-refractivity contribution is 8.00. The van der Waals surface area contributed by atoms with Gasteiger partial charge in [0.2, 0.25) is 15.9 Å². The SMILES string of the molecule is CCC(C)NC(=O)C1CSCN1S(=O)(=O)c1ccc(F)c(C(F)(F)F)c1. The Bertz CT molecular complexity index is 784. The van der Waals surface area contributed by atoms with E-state index in [1.165, 1.54) is 11.8 Å². The minimum Gasteiger partial charge on any atom is -0.352 e. The van der Waals surface area contributed by atoms with Gasteiger partial charge in [0.15, 0.2) is 0 Å². The lowest BCUT2D eigenvalue weighted by molar-refractivity contribution is -0.140. The highest BCUT2D eigenvalue weighted by Crippen LogP contribution is 2.35. The number of alkyl halides is 3. The molecule has 1 fully saturated rings. The number of halogens is 4. The van der Waals surface area contributed by atoms with Gasteiger partial charge < -0.3 is 5.32 Å². The Hall–Kier alpha value is -1.33. The van der Waals surface area contributed by atoms with Gasteiger partial charge in [-0.05, 0) is 31.5 Å². The third kappa shape index (κ3) is 4.32. The van der Waals surface area contributed by atoms with Gasteiger partial charge >= 0.3 is 6.18 Å². The molecule has 2 unspecified atom stereocenters. The second kappa shape index (κ2) is 7.73. The fourth-order valence-corrected chi connectivity index (χ4v) is 5.51. The summed E-state index contributed by atoms with van der Waals surface area (Å²) in [6.07, 6.45) is -4.38. The Morgan fingerprint density at radius 1 is 1.42 bits per heavy atom. The number of amides is 1. The first kappa shape index (κ1) is 21.0. The zero-order valence-electron chi connectivity index (χ0n) is 14.0. The standard InChI is InChI=1S/C15H18F4N2O3S2/c1-3-9(2)20-14(22)13-7-25-8-21(13)26(23,24)10-4-5-12(16)11(6-10)15(17,18)19/h4-6,9,13H,3,7-8H2,1-2H3,(H,20,22). The molecule has 1 aromatic rings. The number of rotatable bonds is 5. The Morgan fingerprint density at radius 2 is 2.08 bits per heavy atom. The quantitative estimate of drug-likeness (QED) is 0.753. The first-order valence-electron chi connectivity index (χ1n) is 7.75. The van der Waals surface area contributed by atoms with Crippen LogP contribution in [0.25, 0.3) is 0 Å². The lowest BCUT2D eigenvalue weighted by Gasteiger charge is -2.24. The number of nitrogens with zero attached hydrogens (tertiary/aromatic N) is 1. The molecule has 2 rings (SSSR count). The molecule has 5 nitrogen and oxygen atoms in total. The van der Waals surface area contributed by atoms with E-state index in [-0.39, 0.29) is 23.7 Å². The second-order valence-electron chi connectivity index (χ2n) is 5.87. The van der Waals surface area contributed by atoms with E-state index >= 15 is 0 Å². The van der Waals surface area contributed by atoms with Crippen LogP contribution in [0.15, 0.2) is 23.1 Å². The van der Waals surface area contributed by atoms with Gasteiger partial charge in [-0.15, -0.1) is 11.8 Å². The number of carbonyl (C=O) groups is 1. The Balaban J connectivity index is 2.36. The van der Waals surface area contributed by atoms with Crippen LogP contribution in [-0.2, 0) is 21.0 Å². The van der Waals surface area contributed by atoms with Crippen molar-refractivity contribution in [3.63, 3.8) is 0 Å². The number of thioether (sulfide) groups is 1. The van der Waals surface area contributed by atoms with E-state index in [9.17, 15) is 30.8 Å². The predicted octanol–water partition coefficient (Wildman–Crippen LogP) is 2.82. The summed E-state index contributed by atoms with van der Waals surface area (Å²) >= 11 is 1.18. The molecule has 1 aliphatic rings. The van der Waals surface area contributed by atoms with Gasteiger partial charge in [-0.3, -0.25) is 4.79 Å². The minimum absolute atomic E-state index is 0.0698. The molecule has 1 N–H and O–H groups in total. The van der Waals surface area contributed by atoms with Crippen LogP contribution >= 0.6 is 11.8 Å². The van der Waals surface area contributed by atoms with E-state index < -0.39 is 44.4 Å². The summed E-state index contributed by atoms with van der Waals surface area (Å²) in [6, 6.07) is 0.301. The smallest absolute Gasteiger partial charge is 0.352 e. The first-order chi connectivity index (χ1) is 12.0. The van der Waals surface area contributed by atoms with Crippen LogP contribution in [0, 0.1) is 5.82 Å². The molecule has 0 saturated carbocycles. The van der Waals surface area contributed by atoms with Crippen molar-refractivity contribution in [1.29, 1.82) is 0 Å². The molecular weight excluding hydrogens is 396 g/mol. The molecule has 0 radical (unpaired) electrons. The molecule has 2 atom stereocenters. The lowest BCUT2D eigenvalue weighted by Crippen LogP contribution is -2.49. The van der Waals surface area contributed by atoms with Gasteiger partial charge in [0, 0.05) is 11.8 Å². The first-order valence-corrected chi connectivity index (χ1v) is 10.3. The Labute approximate surface area is 153 Å². The topological polar surface area (TPSA) is 66.5 Å². The average molecular weight is 414 g/mol. The van der Waals surface area contributed by atoms with Crippen LogP contribution in [0.5, 0.6) is 0 Å². The Morgan fingerprint density at radius 3 is 2.65 bits per heavy atom. The maximum atomic E-state index is 13.4. The maximum absolute atomic E-state index is 13.4. The molecule has 0 spiro atoms. The molecule has 1 amide bonds. The summed E-state index contributed by atoms with van der Waals surface area (Å²) in [5.41, 5.74) is -1.66. The summed E-state index contributed by atoms with van der Waals surface area (Å²) in [4.78, 5) is 11.6. The maximum Gasteiger partial charge on any atom is 0.419 e. The van der Waals surface area contributed by atoms with Crippen LogP contribution in [-0.4, -0.2) is 42.3 Å². The summed E-state index contributed by atoms with van der Waals surface area (Å²) in [7, 11) is -4.39. The third-order valence-corrected chi connectivity index (χ3v) is 7.02. The number of benzene rings is 1. The molecule has 1 saturated heterocycles. The van der Waals surface area contributed by atoms with Gasteiger partial charge in [-0.2, -0.15) is 17.5 Å². The Kier molecular flexibility index (Phi) is 6.24. The van der Waals surface area contributed by atoms with E-state index in [0.717, 1.165) is 10.4 Å². The van der Waals surface area contributed by atoms with E-state index in [1.807, 2.05) is 6.92 Å². The van der Waals surface area contributed by atoms with Crippen LogP contribution < -0.4 is 5.32 Å². The number of hydrogen-bond donors (Lipinski definition) is 1. The fraction of sp³-hybridized carbons (Fsp3) is 0.533. The summed E-state index contributed by atoms with van der Waals surface area (Å²) < 4.78 is 78.3. The van der Waals surface area contributed by atoms with Crippen molar-refractivity contribution < 1.29 is 30.8 Å². The van der Waals surface area contributed by atoms with Crippen LogP contribution in [0.3, 0.4) is 0 Å². The van der Waals surface area contributed by atoms with Crippen molar-refractivity contribution in [3.05, 3.63) is 29.6 Å². The van der Waals surface area contributed by atoms with E-state index in [1.54, 1.807) is 6.92 Å². The van der Waals surface area contributed by atoms with Crippen molar-refractivity contribution in [1.82, 2.24) is 9.62 Å². The lowest BCUT2D eigenvalue weighted by atomic mass is 10.2. The summed E-state index contributed by atoms with van der Waals surface area (Å²) in [5.74, 6) is -1.95. The van der Waals surface area contributed by atoms with Crippen LogP contribution in [0.4, 0.5) is 17.6 Å². The monoisotopic (exact) mass is 414 g/mol. The number of sulfonamides is 1. The molecule has 146 valence electrons. The highest BCUT2D eigenvalue weighted by Gasteiger charge is 2.42. The van der Waals surface area contributed by atoms with Gasteiger partial charge in [0.05, 0.1) is 16.3 Å². The largest absolute Gasteiger partial charge is 0.419 e. The van der Waals surface area contributed by atoms with Crippen molar-refractivity contribution in [3.8, 4) is 0 Å². The average Bonchev–Trinajstić information content (AvgIpc) is 3.04. The van der Waals surface area contributed by atoms with E-state index in [2.05, 4.69) is 5.32 Å². The summed E-state index contributed by atoms with van der Waals surface area (Å²) in [6.45, 7) is 3.61. The zero-order chi connectivity index (χ0) is 19.7. The van der Waals surface area contributed by atoms with Gasteiger partial charge in [-0.25, -0.2) is 12.8 Å². The normalized spacial score (nSPS) is 20.2. The summed E-state index contributed by atoms with van der Waals surface area (Å²) in [5, 5.41) is 2.67. The molecule has 11 heteroatoms. The number of nitrogens with one attached hydrogen (secondary N) is 1. The van der Waals surface area contributed by atoms with Crippen LogP contribution in [0.2, 0.25) is 0 Å². The van der Waals surface area contributed by atoms with Crippen molar-refractivity contribution in [2.75, 3.05) is 11.6 Å². The highest BCUT2D eigenvalue weighted by atomic mass is 32.2. The van der Waals surface area contributed by atoms with Gasteiger partial charge in [0.25, 0.3) is 0 Å². The molecule has 1 aliphatic heterocycles. The van der Waals surface area contributed by atoms with Crippen molar-refractivity contribution >= 4 is 27.7 Å². The fourth-order valence-electron chi connectivity index (χ4n) is 2.33. The zero-order valence-corrected chi connectivity index (χ0v) is 15.6. The number of hydrogen-bond acceptors (Lipinski definition) is 4. The van der Waals surface area contributed by atoms with Gasteiger partial charge in [-0.1, -0.05) is 6.92 Å².